The van der Waals surface area contributed by atoms with Gasteiger partial charge in [-0.15, -0.1) is 11.3 Å². The molecule has 0 atom stereocenters. The van der Waals surface area contributed by atoms with Gasteiger partial charge in [0, 0.05) is 10.8 Å². The van der Waals surface area contributed by atoms with Gasteiger partial charge >= 0.3 is 0 Å². The Morgan fingerprint density at radius 1 is 1.54 bits per heavy atom. The first-order valence-electron chi connectivity index (χ1n) is 4.97. The summed E-state index contributed by atoms with van der Waals surface area (Å²) in [7, 11) is 0. The predicted molar refractivity (Wildman–Crippen MR) is 56.2 cm³/mol. The molecular weight excluding hydrogens is 180 g/mol. The lowest BCUT2D eigenvalue weighted by Crippen LogP contribution is -1.99. The fourth-order valence-corrected chi connectivity index (χ4v) is 2.73. The van der Waals surface area contributed by atoms with Gasteiger partial charge in [-0.2, -0.15) is 0 Å². The fraction of sp³-hybridized carbons (Fsp3) is 0.700. The van der Waals surface area contributed by atoms with Crippen molar-refractivity contribution in [2.24, 2.45) is 5.73 Å². The summed E-state index contributed by atoms with van der Waals surface area (Å²) in [6, 6.07) is 0. The zero-order valence-electron chi connectivity index (χ0n) is 8.05. The molecule has 0 spiro atoms. The predicted octanol–water partition coefficient (Wildman–Crippen LogP) is 2.22. The molecule has 0 amide bonds. The van der Waals surface area contributed by atoms with E-state index in [-0.39, 0.29) is 0 Å². The third kappa shape index (κ3) is 2.09. The number of hydrogen-bond donors (Lipinski definition) is 1. The molecule has 0 aromatic carbocycles. The molecule has 1 heterocycles. The molecule has 0 unspecified atom stereocenters. The van der Waals surface area contributed by atoms with E-state index < -0.39 is 0 Å². The summed E-state index contributed by atoms with van der Waals surface area (Å²) in [5.41, 5.74) is 6.73. The average molecular weight is 196 g/mol. The van der Waals surface area contributed by atoms with E-state index >= 15 is 0 Å². The summed E-state index contributed by atoms with van der Waals surface area (Å²) in [5, 5.41) is 1.37. The van der Waals surface area contributed by atoms with Crippen LogP contribution in [-0.2, 0) is 6.42 Å². The van der Waals surface area contributed by atoms with E-state index in [2.05, 4.69) is 11.9 Å². The number of nitrogens with two attached hydrogens (primary N) is 1. The number of hydrogen-bond acceptors (Lipinski definition) is 3. The van der Waals surface area contributed by atoms with Crippen LogP contribution in [0.2, 0.25) is 0 Å². The van der Waals surface area contributed by atoms with Crippen LogP contribution in [0.15, 0.2) is 0 Å². The third-order valence-corrected chi connectivity index (χ3v) is 3.82. The number of nitrogens with zero attached hydrogens (tertiary/aromatic N) is 1. The Kier molecular flexibility index (Phi) is 2.65. The maximum absolute atomic E-state index is 5.49. The second-order valence-corrected chi connectivity index (χ2v) is 4.84. The first-order chi connectivity index (χ1) is 6.31. The fourth-order valence-electron chi connectivity index (χ4n) is 1.45. The normalized spacial score (nSPS) is 16.5. The minimum Gasteiger partial charge on any atom is -0.330 e. The second-order valence-electron chi connectivity index (χ2n) is 3.73. The van der Waals surface area contributed by atoms with Crippen LogP contribution in [0, 0.1) is 6.92 Å². The summed E-state index contributed by atoms with van der Waals surface area (Å²) in [4.78, 5) is 6.05. The van der Waals surface area contributed by atoms with E-state index in [1.165, 1.54) is 28.4 Å². The molecular formula is C10H16N2S. The Morgan fingerprint density at radius 3 is 2.92 bits per heavy atom. The zero-order chi connectivity index (χ0) is 9.26. The number of rotatable bonds is 4. The van der Waals surface area contributed by atoms with E-state index in [0.717, 1.165) is 25.3 Å². The van der Waals surface area contributed by atoms with Gasteiger partial charge < -0.3 is 5.73 Å². The molecule has 1 aromatic heterocycles. The van der Waals surface area contributed by atoms with E-state index in [1.54, 1.807) is 0 Å². The first-order valence-corrected chi connectivity index (χ1v) is 5.79. The molecule has 0 bridgehead atoms. The highest BCUT2D eigenvalue weighted by molar-refractivity contribution is 7.11. The minimum absolute atomic E-state index is 0.788. The van der Waals surface area contributed by atoms with Gasteiger partial charge in [0.1, 0.15) is 0 Å². The second kappa shape index (κ2) is 3.76. The summed E-state index contributed by atoms with van der Waals surface area (Å²) in [6.07, 6.45) is 4.91. The highest BCUT2D eigenvalue weighted by atomic mass is 32.1. The van der Waals surface area contributed by atoms with Crippen LogP contribution in [0.3, 0.4) is 0 Å². The van der Waals surface area contributed by atoms with Crippen LogP contribution < -0.4 is 5.73 Å². The van der Waals surface area contributed by atoms with Gasteiger partial charge in [0.05, 0.1) is 10.7 Å². The monoisotopic (exact) mass is 196 g/mol. The summed E-state index contributed by atoms with van der Waals surface area (Å²) in [5.74, 6) is 0.801. The molecule has 1 fully saturated rings. The third-order valence-electron chi connectivity index (χ3n) is 2.44. The molecule has 2 rings (SSSR count). The molecule has 1 saturated carbocycles. The standard InChI is InChI=1S/C10H16N2S/c1-7-9(3-2-6-11)13-10(12-7)8-4-5-8/h8H,2-6,11H2,1H3. The number of aryl methyl sites for hydroxylation is 2. The molecule has 72 valence electrons. The lowest BCUT2D eigenvalue weighted by atomic mass is 10.2. The van der Waals surface area contributed by atoms with E-state index in [9.17, 15) is 0 Å². The Bertz CT molecular complexity index is 289. The van der Waals surface area contributed by atoms with Crippen LogP contribution in [0.1, 0.15) is 40.8 Å². The zero-order valence-corrected chi connectivity index (χ0v) is 8.86. The van der Waals surface area contributed by atoms with Crippen molar-refractivity contribution in [3.8, 4) is 0 Å². The van der Waals surface area contributed by atoms with Crippen molar-refractivity contribution >= 4 is 11.3 Å². The first kappa shape index (κ1) is 9.16. The SMILES string of the molecule is Cc1nc(C2CC2)sc1CCCN. The summed E-state index contributed by atoms with van der Waals surface area (Å²) >= 11 is 1.90. The molecule has 1 aliphatic rings. The topological polar surface area (TPSA) is 38.9 Å². The van der Waals surface area contributed by atoms with Gasteiger partial charge in [-0.1, -0.05) is 0 Å². The van der Waals surface area contributed by atoms with Crippen molar-refractivity contribution in [1.29, 1.82) is 0 Å². The number of thiazole rings is 1. The Labute approximate surface area is 83.2 Å². The maximum Gasteiger partial charge on any atom is 0.0961 e. The van der Waals surface area contributed by atoms with Gasteiger partial charge in [-0.05, 0) is 39.2 Å². The van der Waals surface area contributed by atoms with E-state index in [0.29, 0.717) is 0 Å². The highest BCUT2D eigenvalue weighted by Crippen LogP contribution is 2.42. The van der Waals surface area contributed by atoms with Gasteiger partial charge in [-0.3, -0.25) is 0 Å². The molecule has 2 N–H and O–H groups in total. The molecule has 1 aromatic rings. The van der Waals surface area contributed by atoms with Crippen LogP contribution in [0.25, 0.3) is 0 Å². The van der Waals surface area contributed by atoms with E-state index in [1.807, 2.05) is 11.3 Å². The van der Waals surface area contributed by atoms with Crippen molar-refractivity contribution in [3.63, 3.8) is 0 Å². The van der Waals surface area contributed by atoms with Crippen LogP contribution >= 0.6 is 11.3 Å². The van der Waals surface area contributed by atoms with Crippen LogP contribution in [-0.4, -0.2) is 11.5 Å². The lowest BCUT2D eigenvalue weighted by Gasteiger charge is -1.94. The smallest absolute Gasteiger partial charge is 0.0961 e. The quantitative estimate of drug-likeness (QED) is 0.802. The van der Waals surface area contributed by atoms with Crippen LogP contribution in [0.5, 0.6) is 0 Å². The molecule has 0 radical (unpaired) electrons. The average Bonchev–Trinajstić information content (AvgIpc) is 2.89. The molecule has 3 heteroatoms. The maximum atomic E-state index is 5.49. The van der Waals surface area contributed by atoms with Crippen molar-refractivity contribution in [1.82, 2.24) is 4.98 Å². The molecule has 2 nitrogen and oxygen atoms in total. The van der Waals surface area contributed by atoms with Gasteiger partial charge in [0.2, 0.25) is 0 Å². The Balaban J connectivity index is 2.06. The summed E-state index contributed by atoms with van der Waals surface area (Å²) in [6.45, 7) is 2.91. The van der Waals surface area contributed by atoms with Crippen molar-refractivity contribution in [2.75, 3.05) is 6.54 Å². The van der Waals surface area contributed by atoms with E-state index in [4.69, 9.17) is 5.73 Å². The minimum atomic E-state index is 0.788. The molecule has 13 heavy (non-hydrogen) atoms. The van der Waals surface area contributed by atoms with Gasteiger partial charge in [0.15, 0.2) is 0 Å². The largest absolute Gasteiger partial charge is 0.330 e. The Morgan fingerprint density at radius 2 is 2.31 bits per heavy atom. The molecule has 0 saturated heterocycles. The van der Waals surface area contributed by atoms with Gasteiger partial charge in [-0.25, -0.2) is 4.98 Å². The van der Waals surface area contributed by atoms with Crippen LogP contribution in [0.4, 0.5) is 0 Å². The molecule has 1 aliphatic carbocycles. The van der Waals surface area contributed by atoms with Crippen molar-refractivity contribution < 1.29 is 0 Å². The van der Waals surface area contributed by atoms with Crippen molar-refractivity contribution in [3.05, 3.63) is 15.6 Å². The highest BCUT2D eigenvalue weighted by Gasteiger charge is 2.27. The Hall–Kier alpha value is -0.410. The summed E-state index contributed by atoms with van der Waals surface area (Å²) < 4.78 is 0. The number of aromatic nitrogens is 1. The van der Waals surface area contributed by atoms with Crippen molar-refractivity contribution in [2.45, 2.75) is 38.5 Å². The lowest BCUT2D eigenvalue weighted by molar-refractivity contribution is 0.836. The molecule has 0 aliphatic heterocycles. The van der Waals surface area contributed by atoms with Gasteiger partial charge in [0.25, 0.3) is 0 Å².